The molecule has 178 valence electrons. The van der Waals surface area contributed by atoms with Crippen LogP contribution in [-0.2, 0) is 22.6 Å². The summed E-state index contributed by atoms with van der Waals surface area (Å²) < 4.78 is 0. The van der Waals surface area contributed by atoms with Crippen molar-refractivity contribution in [2.24, 2.45) is 0 Å². The molecule has 3 rings (SSSR count). The van der Waals surface area contributed by atoms with Gasteiger partial charge in [-0.25, -0.2) is 0 Å². The standard InChI is InChI=1S/C28H31ClN2O2S/c1-3-21(2)30-28(33)26(18-22-11-6-4-7-12-22)31(19-23-13-10-14-24(29)17-23)27(32)20-34-25-15-8-5-9-16-25/h4-17,21,26H,3,18-20H2,1-2H3,(H,30,33). The normalized spacial score (nSPS) is 12.6. The predicted molar refractivity (Wildman–Crippen MR) is 141 cm³/mol. The Morgan fingerprint density at radius 2 is 1.59 bits per heavy atom. The number of benzene rings is 3. The van der Waals surface area contributed by atoms with Crippen molar-refractivity contribution in [3.05, 3.63) is 101 Å². The summed E-state index contributed by atoms with van der Waals surface area (Å²) in [7, 11) is 0. The van der Waals surface area contributed by atoms with Crippen LogP contribution in [0.5, 0.6) is 0 Å². The quantitative estimate of drug-likeness (QED) is 0.333. The van der Waals surface area contributed by atoms with Gasteiger partial charge < -0.3 is 10.2 Å². The highest BCUT2D eigenvalue weighted by Gasteiger charge is 2.31. The molecule has 34 heavy (non-hydrogen) atoms. The number of hydrogen-bond donors (Lipinski definition) is 1. The number of thioether (sulfide) groups is 1. The van der Waals surface area contributed by atoms with E-state index in [0.717, 1.165) is 22.4 Å². The fraction of sp³-hybridized carbons (Fsp3) is 0.286. The molecule has 6 heteroatoms. The molecule has 0 radical (unpaired) electrons. The van der Waals surface area contributed by atoms with E-state index in [-0.39, 0.29) is 23.6 Å². The molecule has 0 saturated carbocycles. The summed E-state index contributed by atoms with van der Waals surface area (Å²) in [5, 5.41) is 3.69. The Kier molecular flexibility index (Phi) is 10.0. The minimum Gasteiger partial charge on any atom is -0.352 e. The fourth-order valence-corrected chi connectivity index (χ4v) is 4.59. The molecule has 0 aliphatic rings. The van der Waals surface area contributed by atoms with Gasteiger partial charge in [-0.3, -0.25) is 9.59 Å². The molecule has 0 aliphatic heterocycles. The van der Waals surface area contributed by atoms with Gasteiger partial charge in [-0.2, -0.15) is 0 Å². The lowest BCUT2D eigenvalue weighted by Gasteiger charge is -2.32. The lowest BCUT2D eigenvalue weighted by atomic mass is 10.0. The molecule has 1 N–H and O–H groups in total. The Labute approximate surface area is 211 Å². The van der Waals surface area contributed by atoms with Crippen LogP contribution in [0.3, 0.4) is 0 Å². The van der Waals surface area contributed by atoms with E-state index in [1.165, 1.54) is 11.8 Å². The van der Waals surface area contributed by atoms with Crippen molar-refractivity contribution in [2.45, 2.75) is 50.2 Å². The number of rotatable bonds is 11. The SMILES string of the molecule is CCC(C)NC(=O)C(Cc1ccccc1)N(Cc1cccc(Cl)c1)C(=O)CSc1ccccc1. The third-order valence-corrected chi connectivity index (χ3v) is 6.85. The van der Waals surface area contributed by atoms with Crippen LogP contribution in [-0.4, -0.2) is 34.6 Å². The molecule has 2 atom stereocenters. The fourth-order valence-electron chi connectivity index (χ4n) is 3.57. The number of nitrogens with one attached hydrogen (secondary N) is 1. The molecule has 0 aliphatic carbocycles. The zero-order valence-electron chi connectivity index (χ0n) is 19.6. The minimum atomic E-state index is -0.640. The van der Waals surface area contributed by atoms with E-state index in [0.29, 0.717) is 18.0 Å². The van der Waals surface area contributed by atoms with Crippen LogP contribution in [0.15, 0.2) is 89.8 Å². The Hall–Kier alpha value is -2.76. The van der Waals surface area contributed by atoms with Crippen LogP contribution in [0, 0.1) is 0 Å². The zero-order valence-corrected chi connectivity index (χ0v) is 21.2. The Bertz CT molecular complexity index is 1060. The molecule has 0 bridgehead atoms. The molecule has 4 nitrogen and oxygen atoms in total. The highest BCUT2D eigenvalue weighted by molar-refractivity contribution is 8.00. The van der Waals surface area contributed by atoms with Crippen LogP contribution >= 0.6 is 23.4 Å². The molecular weight excluding hydrogens is 464 g/mol. The van der Waals surface area contributed by atoms with Gasteiger partial charge in [-0.1, -0.05) is 79.2 Å². The number of carbonyl (C=O) groups excluding carboxylic acids is 2. The topological polar surface area (TPSA) is 49.4 Å². The predicted octanol–water partition coefficient (Wildman–Crippen LogP) is 5.99. The first kappa shape index (κ1) is 25.9. The molecule has 0 spiro atoms. The first-order valence-electron chi connectivity index (χ1n) is 11.5. The molecule has 2 unspecified atom stereocenters. The van der Waals surface area contributed by atoms with Gasteiger partial charge >= 0.3 is 0 Å². The number of nitrogens with zero attached hydrogens (tertiary/aromatic N) is 1. The zero-order chi connectivity index (χ0) is 24.3. The molecule has 0 fully saturated rings. The van der Waals surface area contributed by atoms with E-state index in [1.54, 1.807) is 11.0 Å². The van der Waals surface area contributed by atoms with Gasteiger partial charge in [-0.15, -0.1) is 11.8 Å². The lowest BCUT2D eigenvalue weighted by molar-refractivity contribution is -0.139. The third-order valence-electron chi connectivity index (χ3n) is 5.62. The monoisotopic (exact) mass is 494 g/mol. The van der Waals surface area contributed by atoms with Gasteiger partial charge in [0.05, 0.1) is 5.75 Å². The summed E-state index contributed by atoms with van der Waals surface area (Å²) in [5.41, 5.74) is 1.89. The smallest absolute Gasteiger partial charge is 0.243 e. The van der Waals surface area contributed by atoms with Gasteiger partial charge in [0.15, 0.2) is 0 Å². The van der Waals surface area contributed by atoms with Crippen LogP contribution in [0.1, 0.15) is 31.4 Å². The van der Waals surface area contributed by atoms with Gasteiger partial charge in [0.1, 0.15) is 6.04 Å². The molecule has 0 saturated heterocycles. The van der Waals surface area contributed by atoms with Crippen LogP contribution in [0.4, 0.5) is 0 Å². The maximum atomic E-state index is 13.6. The van der Waals surface area contributed by atoms with Gasteiger partial charge in [-0.05, 0) is 48.7 Å². The maximum Gasteiger partial charge on any atom is 0.243 e. The van der Waals surface area contributed by atoms with Crippen molar-refractivity contribution in [3.63, 3.8) is 0 Å². The number of halogens is 1. The number of hydrogen-bond acceptors (Lipinski definition) is 3. The summed E-state index contributed by atoms with van der Waals surface area (Å²) in [4.78, 5) is 29.8. The van der Waals surface area contributed by atoms with Crippen molar-refractivity contribution in [2.75, 3.05) is 5.75 Å². The van der Waals surface area contributed by atoms with Gasteiger partial charge in [0.2, 0.25) is 11.8 Å². The summed E-state index contributed by atoms with van der Waals surface area (Å²) in [5.74, 6) is 0.0132. The Morgan fingerprint density at radius 1 is 0.941 bits per heavy atom. The molecule has 0 heterocycles. The summed E-state index contributed by atoms with van der Waals surface area (Å²) in [6.45, 7) is 4.31. The highest BCUT2D eigenvalue weighted by Crippen LogP contribution is 2.22. The summed E-state index contributed by atoms with van der Waals surface area (Å²) >= 11 is 7.70. The second-order valence-corrected chi connectivity index (χ2v) is 9.76. The first-order valence-corrected chi connectivity index (χ1v) is 12.9. The molecule has 3 aromatic carbocycles. The summed E-state index contributed by atoms with van der Waals surface area (Å²) in [6.07, 6.45) is 1.25. The Morgan fingerprint density at radius 3 is 2.24 bits per heavy atom. The van der Waals surface area contributed by atoms with Gasteiger partial charge in [0.25, 0.3) is 0 Å². The molecule has 0 aromatic heterocycles. The minimum absolute atomic E-state index is 0.0209. The largest absolute Gasteiger partial charge is 0.352 e. The van der Waals surface area contributed by atoms with E-state index in [9.17, 15) is 9.59 Å². The number of amides is 2. The first-order chi connectivity index (χ1) is 16.5. The second-order valence-electron chi connectivity index (χ2n) is 8.28. The number of carbonyl (C=O) groups is 2. The molecular formula is C28H31ClN2O2S. The van der Waals surface area contributed by atoms with Crippen LogP contribution in [0.2, 0.25) is 5.02 Å². The van der Waals surface area contributed by atoms with Gasteiger partial charge in [0, 0.05) is 28.9 Å². The average molecular weight is 495 g/mol. The molecule has 2 amide bonds. The van der Waals surface area contributed by atoms with E-state index in [2.05, 4.69) is 5.32 Å². The molecule has 3 aromatic rings. The van der Waals surface area contributed by atoms with E-state index >= 15 is 0 Å². The van der Waals surface area contributed by atoms with Crippen molar-refractivity contribution in [1.82, 2.24) is 10.2 Å². The maximum absolute atomic E-state index is 13.6. The highest BCUT2D eigenvalue weighted by atomic mass is 35.5. The summed E-state index contributed by atoms with van der Waals surface area (Å²) in [6, 6.07) is 26.5. The lowest BCUT2D eigenvalue weighted by Crippen LogP contribution is -2.52. The van der Waals surface area contributed by atoms with E-state index in [4.69, 9.17) is 11.6 Å². The van der Waals surface area contributed by atoms with Crippen molar-refractivity contribution in [1.29, 1.82) is 0 Å². The average Bonchev–Trinajstić information content (AvgIpc) is 2.85. The van der Waals surface area contributed by atoms with Crippen molar-refractivity contribution in [3.8, 4) is 0 Å². The third kappa shape index (κ3) is 7.93. The van der Waals surface area contributed by atoms with Crippen LogP contribution in [0.25, 0.3) is 0 Å². The van der Waals surface area contributed by atoms with Crippen molar-refractivity contribution >= 4 is 35.2 Å². The van der Waals surface area contributed by atoms with E-state index in [1.807, 2.05) is 92.7 Å². The van der Waals surface area contributed by atoms with Crippen molar-refractivity contribution < 1.29 is 9.59 Å². The Balaban J connectivity index is 1.91. The van der Waals surface area contributed by atoms with E-state index < -0.39 is 6.04 Å². The van der Waals surface area contributed by atoms with Crippen LogP contribution < -0.4 is 5.32 Å². The second kappa shape index (κ2) is 13.2.